The molecule has 170 valence electrons. The van der Waals surface area contributed by atoms with E-state index in [2.05, 4.69) is 20.3 Å². The molecule has 5 nitrogen and oxygen atoms in total. The van der Waals surface area contributed by atoms with Gasteiger partial charge in [0.25, 0.3) is 0 Å². The molecule has 0 atom stereocenters. The summed E-state index contributed by atoms with van der Waals surface area (Å²) in [4.78, 5) is 11.6. The average molecular weight is 460 g/mol. The normalized spacial score (nSPS) is 11.6. The maximum atomic E-state index is 14.2. The number of rotatable bonds is 6. The molecule has 4 aromatic rings. The van der Waals surface area contributed by atoms with Crippen LogP contribution in [0.25, 0.3) is 10.9 Å². The van der Waals surface area contributed by atoms with Crippen molar-refractivity contribution >= 4 is 16.7 Å². The number of anilines is 1. The molecule has 0 spiro atoms. The number of alkyl halides is 3. The lowest BCUT2D eigenvalue weighted by molar-refractivity contribution is -0.137. The molecule has 0 saturated heterocycles. The van der Waals surface area contributed by atoms with Crippen LogP contribution in [0.1, 0.15) is 16.7 Å². The number of aromatic nitrogens is 3. The molecule has 0 unspecified atom stereocenters. The first-order valence-corrected chi connectivity index (χ1v) is 9.85. The highest BCUT2D eigenvalue weighted by molar-refractivity contribution is 5.89. The van der Waals surface area contributed by atoms with Crippen LogP contribution in [-0.4, -0.2) is 21.5 Å². The fraction of sp³-hybridized carbons (Fsp3) is 0.174. The second-order valence-corrected chi connectivity index (χ2v) is 7.22. The molecular formula is C23H17F5N4O. The summed E-state index contributed by atoms with van der Waals surface area (Å²) in [5.74, 6) is -0.905. The quantitative estimate of drug-likeness (QED) is 0.354. The summed E-state index contributed by atoms with van der Waals surface area (Å²) < 4.78 is 72.1. The van der Waals surface area contributed by atoms with Crippen LogP contribution in [-0.2, 0) is 12.6 Å². The molecule has 10 heteroatoms. The van der Waals surface area contributed by atoms with E-state index >= 15 is 0 Å². The summed E-state index contributed by atoms with van der Waals surface area (Å²) in [7, 11) is 0. The van der Waals surface area contributed by atoms with Crippen molar-refractivity contribution in [3.63, 3.8) is 0 Å². The van der Waals surface area contributed by atoms with Gasteiger partial charge in [0, 0.05) is 18.8 Å². The minimum absolute atomic E-state index is 0.0217. The zero-order valence-electron chi connectivity index (χ0n) is 17.3. The minimum Gasteiger partial charge on any atom is -0.439 e. The molecule has 2 aromatic heterocycles. The Bertz CT molecular complexity index is 1310. The lowest BCUT2D eigenvalue weighted by Gasteiger charge is -2.12. The Labute approximate surface area is 185 Å². The molecule has 1 N–H and O–H groups in total. The second kappa shape index (κ2) is 8.97. The molecule has 2 aromatic carbocycles. The molecule has 0 radical (unpaired) electrons. The van der Waals surface area contributed by atoms with Crippen molar-refractivity contribution < 1.29 is 26.7 Å². The van der Waals surface area contributed by atoms with Gasteiger partial charge in [-0.25, -0.2) is 23.7 Å². The number of nitrogens with one attached hydrogen (secondary N) is 1. The van der Waals surface area contributed by atoms with Gasteiger partial charge in [0.05, 0.1) is 10.9 Å². The Balaban J connectivity index is 1.44. The zero-order chi connectivity index (χ0) is 23.6. The number of nitrogens with zero attached hydrogens (tertiary/aromatic N) is 3. The van der Waals surface area contributed by atoms with Crippen LogP contribution in [0.15, 0.2) is 55.0 Å². The highest BCUT2D eigenvalue weighted by Gasteiger charge is 2.31. The molecule has 0 bridgehead atoms. The molecule has 0 aliphatic heterocycles. The van der Waals surface area contributed by atoms with Crippen molar-refractivity contribution in [2.24, 2.45) is 0 Å². The Morgan fingerprint density at radius 2 is 1.73 bits per heavy atom. The highest BCUT2D eigenvalue weighted by atomic mass is 19.4. The first-order chi connectivity index (χ1) is 15.7. The number of hydrogen-bond acceptors (Lipinski definition) is 5. The summed E-state index contributed by atoms with van der Waals surface area (Å²) >= 11 is 0. The zero-order valence-corrected chi connectivity index (χ0v) is 17.3. The number of fused-ring (bicyclic) bond motifs is 1. The van der Waals surface area contributed by atoms with E-state index in [-0.39, 0.29) is 22.6 Å². The number of aryl methyl sites for hydroxylation is 1. The van der Waals surface area contributed by atoms with E-state index in [1.54, 1.807) is 18.2 Å². The highest BCUT2D eigenvalue weighted by Crippen LogP contribution is 2.32. The number of pyridine rings is 1. The predicted molar refractivity (Wildman–Crippen MR) is 112 cm³/mol. The van der Waals surface area contributed by atoms with Crippen molar-refractivity contribution in [2.45, 2.75) is 19.5 Å². The van der Waals surface area contributed by atoms with Gasteiger partial charge in [-0.15, -0.1) is 0 Å². The third kappa shape index (κ3) is 5.00. The van der Waals surface area contributed by atoms with Gasteiger partial charge in [0.1, 0.15) is 35.0 Å². The van der Waals surface area contributed by atoms with Crippen molar-refractivity contribution in [3.05, 3.63) is 83.3 Å². The van der Waals surface area contributed by atoms with Crippen LogP contribution in [0.5, 0.6) is 11.6 Å². The standard InChI is InChI=1S/C23H17F5N4O/c1-13-10-16(33-19-11-15(7-9-29-19)23(26,27)28)3-2-14(13)6-8-30-22-20-17(24)4-5-18(25)21(20)31-12-32-22/h2-5,7,9-12H,6,8H2,1H3,(H,30,31,32). The third-order valence-corrected chi connectivity index (χ3v) is 4.97. The van der Waals surface area contributed by atoms with E-state index in [1.165, 1.54) is 0 Å². The van der Waals surface area contributed by atoms with Crippen LogP contribution in [0.3, 0.4) is 0 Å². The molecule has 0 aliphatic carbocycles. The van der Waals surface area contributed by atoms with Gasteiger partial charge in [0.2, 0.25) is 5.88 Å². The average Bonchev–Trinajstić information content (AvgIpc) is 2.77. The Morgan fingerprint density at radius 3 is 2.48 bits per heavy atom. The van der Waals surface area contributed by atoms with Crippen molar-refractivity contribution in [2.75, 3.05) is 11.9 Å². The van der Waals surface area contributed by atoms with E-state index in [0.29, 0.717) is 18.7 Å². The third-order valence-electron chi connectivity index (χ3n) is 4.97. The lowest BCUT2D eigenvalue weighted by atomic mass is 10.1. The summed E-state index contributed by atoms with van der Waals surface area (Å²) in [5.41, 5.74) is 0.816. The summed E-state index contributed by atoms with van der Waals surface area (Å²) in [5, 5.41) is 2.98. The maximum absolute atomic E-state index is 14.2. The monoisotopic (exact) mass is 460 g/mol. The summed E-state index contributed by atoms with van der Waals surface area (Å²) in [6, 6.07) is 8.82. The van der Waals surface area contributed by atoms with E-state index < -0.39 is 23.4 Å². The first-order valence-electron chi connectivity index (χ1n) is 9.85. The maximum Gasteiger partial charge on any atom is 0.416 e. The molecule has 2 heterocycles. The molecule has 0 amide bonds. The van der Waals surface area contributed by atoms with Gasteiger partial charge >= 0.3 is 6.18 Å². The number of ether oxygens (including phenoxy) is 1. The Morgan fingerprint density at radius 1 is 0.939 bits per heavy atom. The van der Waals surface area contributed by atoms with Crippen LogP contribution in [0.4, 0.5) is 27.8 Å². The SMILES string of the molecule is Cc1cc(Oc2cc(C(F)(F)F)ccn2)ccc1CCNc1ncnc2c(F)ccc(F)c12. The number of halogens is 5. The van der Waals surface area contributed by atoms with Gasteiger partial charge in [-0.2, -0.15) is 13.2 Å². The first kappa shape index (κ1) is 22.4. The van der Waals surface area contributed by atoms with Crippen LogP contribution >= 0.6 is 0 Å². The van der Waals surface area contributed by atoms with E-state index in [9.17, 15) is 22.0 Å². The number of benzene rings is 2. The molecule has 0 aliphatic rings. The summed E-state index contributed by atoms with van der Waals surface area (Å²) in [6.45, 7) is 2.20. The number of hydrogen-bond donors (Lipinski definition) is 1. The topological polar surface area (TPSA) is 59.9 Å². The largest absolute Gasteiger partial charge is 0.439 e. The lowest BCUT2D eigenvalue weighted by Crippen LogP contribution is -2.09. The van der Waals surface area contributed by atoms with E-state index in [1.807, 2.05) is 6.92 Å². The van der Waals surface area contributed by atoms with Crippen LogP contribution < -0.4 is 10.1 Å². The van der Waals surface area contributed by atoms with Gasteiger partial charge in [0.15, 0.2) is 0 Å². The molecule has 33 heavy (non-hydrogen) atoms. The van der Waals surface area contributed by atoms with Crippen molar-refractivity contribution in [1.82, 2.24) is 15.0 Å². The molecule has 4 rings (SSSR count). The molecule has 0 saturated carbocycles. The Hall–Kier alpha value is -3.82. The molecule has 0 fully saturated rings. The van der Waals surface area contributed by atoms with Gasteiger partial charge in [-0.3, -0.25) is 0 Å². The van der Waals surface area contributed by atoms with Gasteiger partial charge in [-0.1, -0.05) is 6.07 Å². The molecular weight excluding hydrogens is 443 g/mol. The predicted octanol–water partition coefficient (Wildman–Crippen LogP) is 6.08. The fourth-order valence-electron chi connectivity index (χ4n) is 3.33. The second-order valence-electron chi connectivity index (χ2n) is 7.22. The van der Waals surface area contributed by atoms with Crippen molar-refractivity contribution in [3.8, 4) is 11.6 Å². The van der Waals surface area contributed by atoms with E-state index in [0.717, 1.165) is 47.9 Å². The van der Waals surface area contributed by atoms with Crippen molar-refractivity contribution in [1.29, 1.82) is 0 Å². The minimum atomic E-state index is -4.49. The van der Waals surface area contributed by atoms with Gasteiger partial charge in [-0.05, 0) is 54.8 Å². The van der Waals surface area contributed by atoms with Crippen LogP contribution in [0, 0.1) is 18.6 Å². The summed E-state index contributed by atoms with van der Waals surface area (Å²) in [6.07, 6.45) is -1.77. The fourth-order valence-corrected chi connectivity index (χ4v) is 3.33. The van der Waals surface area contributed by atoms with Gasteiger partial charge < -0.3 is 10.1 Å². The van der Waals surface area contributed by atoms with E-state index in [4.69, 9.17) is 4.74 Å². The van der Waals surface area contributed by atoms with Crippen LogP contribution in [0.2, 0.25) is 0 Å². The smallest absolute Gasteiger partial charge is 0.416 e. The Kier molecular flexibility index (Phi) is 6.08.